The highest BCUT2D eigenvalue weighted by atomic mass is 35.5. The Morgan fingerprint density at radius 1 is 1.48 bits per heavy atom. The van der Waals surface area contributed by atoms with E-state index in [9.17, 15) is 9.59 Å². The van der Waals surface area contributed by atoms with E-state index < -0.39 is 11.9 Å². The Bertz CT molecular complexity index is 578. The van der Waals surface area contributed by atoms with Gasteiger partial charge in [-0.05, 0) is 18.6 Å². The minimum absolute atomic E-state index is 0.0428. The number of aliphatic carboxylic acids is 1. The van der Waals surface area contributed by atoms with Crippen molar-refractivity contribution in [3.63, 3.8) is 0 Å². The quantitative estimate of drug-likeness (QED) is 0.400. The lowest BCUT2D eigenvalue weighted by molar-refractivity contribution is -0.137. The first-order chi connectivity index (χ1) is 10.0. The molecule has 1 amide bonds. The lowest BCUT2D eigenvalue weighted by Gasteiger charge is -2.04. The molecule has 7 nitrogen and oxygen atoms in total. The average Bonchev–Trinajstić information content (AvgIpc) is 2.46. The molecular weight excluding hydrogens is 296 g/mol. The maximum absolute atomic E-state index is 11.7. The van der Waals surface area contributed by atoms with Crippen molar-refractivity contribution in [2.24, 2.45) is 0 Å². The normalized spacial score (nSPS) is 10.6. The van der Waals surface area contributed by atoms with Crippen molar-refractivity contribution in [1.29, 1.82) is 5.26 Å². The number of carboxylic acid groups (broad SMARTS) is 1. The van der Waals surface area contributed by atoms with Gasteiger partial charge in [-0.2, -0.15) is 5.26 Å². The molecule has 0 aliphatic heterocycles. The molecule has 1 rings (SSSR count). The Hall–Kier alpha value is -2.59. The highest BCUT2D eigenvalue weighted by Gasteiger charge is 2.08. The number of halogens is 1. The smallest absolute Gasteiger partial charge is 0.303 e. The lowest BCUT2D eigenvalue weighted by atomic mass is 10.2. The fourth-order valence-electron chi connectivity index (χ4n) is 1.29. The van der Waals surface area contributed by atoms with E-state index >= 15 is 0 Å². The number of carboxylic acids is 1. The molecular formula is C13H13ClN4O3. The summed E-state index contributed by atoms with van der Waals surface area (Å²) < 4.78 is 0. The van der Waals surface area contributed by atoms with Crippen LogP contribution in [-0.2, 0) is 9.59 Å². The standard InChI is InChI=1S/C13H13ClN4O3/c14-10-3-4-11(18-8-10)17-7-9(6-15)13(21)16-5-1-2-12(19)20/h3-4,7-8H,1-2,5H2,(H,16,21)(H,17,18)(H,19,20)/b9-7-. The molecule has 0 bridgehead atoms. The van der Waals surface area contributed by atoms with Crippen LogP contribution in [0.1, 0.15) is 12.8 Å². The molecule has 0 aromatic carbocycles. The molecule has 0 spiro atoms. The van der Waals surface area contributed by atoms with Gasteiger partial charge >= 0.3 is 5.97 Å². The molecule has 1 aromatic heterocycles. The molecule has 0 saturated heterocycles. The molecule has 0 aliphatic carbocycles. The summed E-state index contributed by atoms with van der Waals surface area (Å²) in [7, 11) is 0. The molecule has 8 heteroatoms. The highest BCUT2D eigenvalue weighted by molar-refractivity contribution is 6.30. The van der Waals surface area contributed by atoms with Crippen LogP contribution in [0.4, 0.5) is 5.82 Å². The molecule has 0 atom stereocenters. The summed E-state index contributed by atoms with van der Waals surface area (Å²) in [5.41, 5.74) is -0.137. The van der Waals surface area contributed by atoms with Crippen LogP contribution in [0.3, 0.4) is 0 Å². The lowest BCUT2D eigenvalue weighted by Crippen LogP contribution is -2.26. The van der Waals surface area contributed by atoms with Crippen LogP contribution in [0.5, 0.6) is 0 Å². The Kier molecular flexibility index (Phi) is 6.71. The number of hydrogen-bond donors (Lipinski definition) is 3. The Balaban J connectivity index is 2.51. The predicted molar refractivity (Wildman–Crippen MR) is 76.4 cm³/mol. The Morgan fingerprint density at radius 2 is 2.24 bits per heavy atom. The van der Waals surface area contributed by atoms with Gasteiger partial charge in [0.2, 0.25) is 0 Å². The van der Waals surface area contributed by atoms with E-state index in [4.69, 9.17) is 22.0 Å². The van der Waals surface area contributed by atoms with Gasteiger partial charge in [0.15, 0.2) is 0 Å². The van der Waals surface area contributed by atoms with Crippen LogP contribution in [0.25, 0.3) is 0 Å². The topological polar surface area (TPSA) is 115 Å². The van der Waals surface area contributed by atoms with Crippen molar-refractivity contribution in [2.45, 2.75) is 12.8 Å². The van der Waals surface area contributed by atoms with Gasteiger partial charge in [0.05, 0.1) is 5.02 Å². The second-order valence-corrected chi connectivity index (χ2v) is 4.37. The number of rotatable bonds is 7. The number of carbonyl (C=O) groups excluding carboxylic acids is 1. The minimum Gasteiger partial charge on any atom is -0.481 e. The van der Waals surface area contributed by atoms with Crippen LogP contribution < -0.4 is 10.6 Å². The number of nitrogens with zero attached hydrogens (tertiary/aromatic N) is 2. The van der Waals surface area contributed by atoms with Crippen molar-refractivity contribution < 1.29 is 14.7 Å². The zero-order valence-corrected chi connectivity index (χ0v) is 11.7. The van der Waals surface area contributed by atoms with Gasteiger partial charge in [-0.15, -0.1) is 0 Å². The number of amides is 1. The maximum Gasteiger partial charge on any atom is 0.303 e. The van der Waals surface area contributed by atoms with E-state index in [1.807, 2.05) is 0 Å². The van der Waals surface area contributed by atoms with E-state index in [1.54, 1.807) is 18.2 Å². The van der Waals surface area contributed by atoms with Crippen molar-refractivity contribution in [3.8, 4) is 6.07 Å². The maximum atomic E-state index is 11.7. The number of pyridine rings is 1. The third-order valence-corrected chi connectivity index (χ3v) is 2.53. The van der Waals surface area contributed by atoms with E-state index in [0.29, 0.717) is 17.3 Å². The number of nitriles is 1. The molecule has 110 valence electrons. The predicted octanol–water partition coefficient (Wildman–Crippen LogP) is 1.54. The van der Waals surface area contributed by atoms with Gasteiger partial charge in [-0.25, -0.2) is 4.98 Å². The minimum atomic E-state index is -0.934. The molecule has 1 aromatic rings. The molecule has 0 radical (unpaired) electrons. The van der Waals surface area contributed by atoms with E-state index in [2.05, 4.69) is 15.6 Å². The van der Waals surface area contributed by atoms with Crippen molar-refractivity contribution >= 4 is 29.3 Å². The molecule has 0 aliphatic rings. The van der Waals surface area contributed by atoms with Crippen LogP contribution >= 0.6 is 11.6 Å². The zero-order valence-electron chi connectivity index (χ0n) is 11.0. The Morgan fingerprint density at radius 3 is 2.81 bits per heavy atom. The first-order valence-corrected chi connectivity index (χ1v) is 6.39. The van der Waals surface area contributed by atoms with Gasteiger partial charge in [0.1, 0.15) is 17.5 Å². The van der Waals surface area contributed by atoms with Crippen LogP contribution in [0.15, 0.2) is 30.1 Å². The van der Waals surface area contributed by atoms with Gasteiger partial charge in [0, 0.05) is 25.4 Å². The number of hydrogen-bond acceptors (Lipinski definition) is 5. The van der Waals surface area contributed by atoms with Crippen molar-refractivity contribution in [2.75, 3.05) is 11.9 Å². The molecule has 0 saturated carbocycles. The fourth-order valence-corrected chi connectivity index (χ4v) is 1.40. The second kappa shape index (κ2) is 8.55. The van der Waals surface area contributed by atoms with Gasteiger partial charge in [-0.3, -0.25) is 9.59 Å². The molecule has 3 N–H and O–H groups in total. The average molecular weight is 309 g/mol. The fraction of sp³-hybridized carbons (Fsp3) is 0.231. The summed E-state index contributed by atoms with van der Waals surface area (Å²) in [5, 5.41) is 23.0. The summed E-state index contributed by atoms with van der Waals surface area (Å²) >= 11 is 5.68. The van der Waals surface area contributed by atoms with E-state index in [0.717, 1.165) is 0 Å². The molecule has 0 unspecified atom stereocenters. The van der Waals surface area contributed by atoms with Crippen molar-refractivity contribution in [1.82, 2.24) is 10.3 Å². The van der Waals surface area contributed by atoms with E-state index in [1.165, 1.54) is 12.4 Å². The largest absolute Gasteiger partial charge is 0.481 e. The Labute approximate surface area is 126 Å². The molecule has 21 heavy (non-hydrogen) atoms. The first kappa shape index (κ1) is 16.5. The third kappa shape index (κ3) is 6.40. The molecule has 1 heterocycles. The first-order valence-electron chi connectivity index (χ1n) is 6.01. The number of nitrogens with one attached hydrogen (secondary N) is 2. The van der Waals surface area contributed by atoms with Gasteiger partial charge < -0.3 is 15.7 Å². The van der Waals surface area contributed by atoms with Crippen LogP contribution in [0, 0.1) is 11.3 Å². The second-order valence-electron chi connectivity index (χ2n) is 3.93. The number of aromatic nitrogens is 1. The van der Waals surface area contributed by atoms with Gasteiger partial charge in [-0.1, -0.05) is 11.6 Å². The summed E-state index contributed by atoms with van der Waals surface area (Å²) in [6.45, 7) is 0.184. The van der Waals surface area contributed by atoms with Gasteiger partial charge in [0.25, 0.3) is 5.91 Å². The zero-order chi connectivity index (χ0) is 15.7. The third-order valence-electron chi connectivity index (χ3n) is 2.31. The summed E-state index contributed by atoms with van der Waals surface area (Å²) in [5.74, 6) is -1.08. The summed E-state index contributed by atoms with van der Waals surface area (Å²) in [6, 6.07) is 4.96. The number of anilines is 1. The highest BCUT2D eigenvalue weighted by Crippen LogP contribution is 2.09. The van der Waals surface area contributed by atoms with E-state index in [-0.39, 0.29) is 18.5 Å². The summed E-state index contributed by atoms with van der Waals surface area (Å²) in [4.78, 5) is 25.9. The van der Waals surface area contributed by atoms with Crippen LogP contribution in [0.2, 0.25) is 5.02 Å². The SMILES string of the molecule is N#C/C(=C/Nc1ccc(Cl)cn1)C(=O)NCCCC(=O)O. The summed E-state index contributed by atoms with van der Waals surface area (Å²) in [6.07, 6.45) is 2.91. The molecule has 0 fully saturated rings. The monoisotopic (exact) mass is 308 g/mol. The van der Waals surface area contributed by atoms with Crippen molar-refractivity contribution in [3.05, 3.63) is 35.1 Å². The van der Waals surface area contributed by atoms with Crippen LogP contribution in [-0.4, -0.2) is 28.5 Å². The number of carbonyl (C=O) groups is 2.